The van der Waals surface area contributed by atoms with Gasteiger partial charge >= 0.3 is 12.1 Å². The van der Waals surface area contributed by atoms with Crippen molar-refractivity contribution in [1.29, 1.82) is 0 Å². The highest BCUT2D eigenvalue weighted by atomic mass is 19.4. The highest BCUT2D eigenvalue weighted by Gasteiger charge is 2.30. The number of benzene rings is 3. The molecule has 5 nitrogen and oxygen atoms in total. The van der Waals surface area contributed by atoms with E-state index in [1.165, 1.54) is 12.1 Å². The van der Waals surface area contributed by atoms with Gasteiger partial charge in [0.05, 0.1) is 12.2 Å². The Morgan fingerprint density at radius 3 is 2.38 bits per heavy atom. The van der Waals surface area contributed by atoms with Crippen LogP contribution in [0.5, 0.6) is 5.75 Å². The molecule has 1 unspecified atom stereocenters. The van der Waals surface area contributed by atoms with Crippen LogP contribution in [0.1, 0.15) is 36.1 Å². The number of rotatable bonds is 11. The Kier molecular flexibility index (Phi) is 8.50. The third kappa shape index (κ3) is 6.92. The fourth-order valence-corrected chi connectivity index (χ4v) is 4.24. The minimum Gasteiger partial charge on any atom is -0.486 e. The maximum atomic E-state index is 12.9. The van der Waals surface area contributed by atoms with Gasteiger partial charge in [0, 0.05) is 29.9 Å². The molecule has 4 aromatic rings. The molecule has 37 heavy (non-hydrogen) atoms. The van der Waals surface area contributed by atoms with Gasteiger partial charge in [-0.1, -0.05) is 48.5 Å². The molecule has 194 valence electrons. The number of hydrogen-bond acceptors (Lipinski definition) is 4. The summed E-state index contributed by atoms with van der Waals surface area (Å²) in [4.78, 5) is 16.0. The Morgan fingerprint density at radius 1 is 0.973 bits per heavy atom. The summed E-state index contributed by atoms with van der Waals surface area (Å²) in [5.74, 6) is -0.00436. The van der Waals surface area contributed by atoms with Crippen molar-refractivity contribution in [1.82, 2.24) is 10.3 Å². The number of ether oxygens (including phenoxy) is 2. The second kappa shape index (κ2) is 12.0. The van der Waals surface area contributed by atoms with Gasteiger partial charge in [0.15, 0.2) is 0 Å². The van der Waals surface area contributed by atoms with Crippen LogP contribution >= 0.6 is 0 Å². The normalized spacial score (nSPS) is 13.3. The number of esters is 1. The number of H-pyrrole nitrogens is 1. The first-order chi connectivity index (χ1) is 17.8. The number of aromatic nitrogens is 1. The van der Waals surface area contributed by atoms with Crippen LogP contribution in [0, 0.1) is 0 Å². The van der Waals surface area contributed by atoms with Crippen molar-refractivity contribution >= 4 is 16.9 Å². The second-order valence-electron chi connectivity index (χ2n) is 8.65. The fourth-order valence-electron chi connectivity index (χ4n) is 4.24. The number of hydrogen-bond donors (Lipinski definition) is 2. The molecule has 0 fully saturated rings. The molecule has 3 aromatic carbocycles. The Labute approximate surface area is 213 Å². The van der Waals surface area contributed by atoms with Crippen LogP contribution < -0.4 is 10.1 Å². The lowest BCUT2D eigenvalue weighted by atomic mass is 10.0. The molecule has 1 aromatic heterocycles. The number of nitrogens with one attached hydrogen (secondary N) is 2. The summed E-state index contributed by atoms with van der Waals surface area (Å²) in [5.41, 5.74) is 2.15. The van der Waals surface area contributed by atoms with Crippen LogP contribution in [0.4, 0.5) is 13.2 Å². The van der Waals surface area contributed by atoms with Gasteiger partial charge in [-0.2, -0.15) is 13.2 Å². The molecule has 0 amide bonds. The molecular formula is C29H29F3N2O3. The Morgan fingerprint density at radius 2 is 1.68 bits per heavy atom. The van der Waals surface area contributed by atoms with E-state index in [1.807, 2.05) is 60.8 Å². The molecule has 0 aliphatic carbocycles. The van der Waals surface area contributed by atoms with Crippen molar-refractivity contribution in [3.8, 4) is 5.75 Å². The molecule has 0 saturated heterocycles. The van der Waals surface area contributed by atoms with E-state index in [9.17, 15) is 18.0 Å². The van der Waals surface area contributed by atoms with E-state index in [0.717, 1.165) is 34.2 Å². The van der Waals surface area contributed by atoms with Gasteiger partial charge in [0.1, 0.15) is 17.9 Å². The number of halogens is 3. The summed E-state index contributed by atoms with van der Waals surface area (Å²) in [5, 5.41) is 4.35. The van der Waals surface area contributed by atoms with Crippen LogP contribution in [0.25, 0.3) is 10.9 Å². The number of carbonyl (C=O) groups is 1. The number of fused-ring (bicyclic) bond motifs is 1. The standard InChI is InChI=1S/C29H29F3N2O3/c1-2-36-28(35)26(18-21-19-34-25-11-7-6-10-24(21)25)33-17-16-27(20-8-4-3-5-9-20)37-23-14-12-22(13-15-23)29(30,31)32/h3-15,19,26-27,33-34H,2,16-18H2,1H3/t26-,27?/m0/s1. The van der Waals surface area contributed by atoms with Gasteiger partial charge in [-0.3, -0.25) is 4.79 Å². The van der Waals surface area contributed by atoms with E-state index >= 15 is 0 Å². The van der Waals surface area contributed by atoms with Crippen molar-refractivity contribution in [3.05, 3.63) is 102 Å². The predicted molar refractivity (Wildman–Crippen MR) is 136 cm³/mol. The molecule has 0 saturated carbocycles. The number of carbonyl (C=O) groups excluding carboxylic acids is 1. The summed E-state index contributed by atoms with van der Waals surface area (Å²) in [6.07, 6.45) is -2.01. The van der Waals surface area contributed by atoms with Gasteiger partial charge in [-0.15, -0.1) is 0 Å². The first kappa shape index (κ1) is 26.3. The maximum Gasteiger partial charge on any atom is 0.416 e. The van der Waals surface area contributed by atoms with Crippen molar-refractivity contribution in [2.45, 2.75) is 38.1 Å². The average molecular weight is 511 g/mol. The van der Waals surface area contributed by atoms with Crippen molar-refractivity contribution in [2.24, 2.45) is 0 Å². The van der Waals surface area contributed by atoms with E-state index in [1.54, 1.807) is 6.92 Å². The highest BCUT2D eigenvalue weighted by Crippen LogP contribution is 2.32. The van der Waals surface area contributed by atoms with Crippen molar-refractivity contribution in [3.63, 3.8) is 0 Å². The van der Waals surface area contributed by atoms with Gasteiger partial charge < -0.3 is 19.8 Å². The van der Waals surface area contributed by atoms with E-state index in [2.05, 4.69) is 10.3 Å². The van der Waals surface area contributed by atoms with Crippen LogP contribution in [-0.4, -0.2) is 30.1 Å². The summed E-state index contributed by atoms with van der Waals surface area (Å²) in [6.45, 7) is 2.46. The number of aromatic amines is 1. The SMILES string of the molecule is CCOC(=O)[C@H](Cc1c[nH]c2ccccc12)NCCC(Oc1ccc(C(F)(F)F)cc1)c1ccccc1. The summed E-state index contributed by atoms with van der Waals surface area (Å²) in [7, 11) is 0. The summed E-state index contributed by atoms with van der Waals surface area (Å²) in [6, 6.07) is 21.4. The predicted octanol–water partition coefficient (Wildman–Crippen LogP) is 6.46. The molecule has 4 rings (SSSR count). The maximum absolute atomic E-state index is 12.9. The zero-order valence-electron chi connectivity index (χ0n) is 20.4. The molecule has 0 radical (unpaired) electrons. The van der Waals surface area contributed by atoms with Crippen LogP contribution in [-0.2, 0) is 22.1 Å². The van der Waals surface area contributed by atoms with Crippen LogP contribution in [0.3, 0.4) is 0 Å². The molecule has 2 atom stereocenters. The van der Waals surface area contributed by atoms with Crippen LogP contribution in [0.2, 0.25) is 0 Å². The number of alkyl halides is 3. The molecule has 1 heterocycles. The van der Waals surface area contributed by atoms with Gasteiger partial charge in [-0.05, 0) is 54.9 Å². The minimum atomic E-state index is -4.41. The topological polar surface area (TPSA) is 63.4 Å². The van der Waals surface area contributed by atoms with E-state index in [4.69, 9.17) is 9.47 Å². The monoisotopic (exact) mass is 510 g/mol. The Bertz CT molecular complexity index is 1290. The second-order valence-corrected chi connectivity index (χ2v) is 8.65. The summed E-state index contributed by atoms with van der Waals surface area (Å²) < 4.78 is 50.2. The lowest BCUT2D eigenvalue weighted by Crippen LogP contribution is -2.41. The van der Waals surface area contributed by atoms with Gasteiger partial charge in [-0.25, -0.2) is 0 Å². The lowest BCUT2D eigenvalue weighted by Gasteiger charge is -2.22. The zero-order chi connectivity index (χ0) is 26.3. The quantitative estimate of drug-likeness (QED) is 0.227. The number of para-hydroxylation sites is 1. The summed E-state index contributed by atoms with van der Waals surface area (Å²) >= 11 is 0. The minimum absolute atomic E-state index is 0.272. The molecule has 0 aliphatic rings. The van der Waals surface area contributed by atoms with Crippen molar-refractivity contribution < 1.29 is 27.4 Å². The molecular weight excluding hydrogens is 481 g/mol. The van der Waals surface area contributed by atoms with Gasteiger partial charge in [0.25, 0.3) is 0 Å². The third-order valence-electron chi connectivity index (χ3n) is 6.10. The molecule has 0 bridgehead atoms. The largest absolute Gasteiger partial charge is 0.486 e. The molecule has 0 aliphatic heterocycles. The van der Waals surface area contributed by atoms with E-state index in [-0.39, 0.29) is 12.6 Å². The Balaban J connectivity index is 1.46. The first-order valence-corrected chi connectivity index (χ1v) is 12.2. The first-order valence-electron chi connectivity index (χ1n) is 12.2. The fraction of sp³-hybridized carbons (Fsp3) is 0.276. The third-order valence-corrected chi connectivity index (χ3v) is 6.10. The van der Waals surface area contributed by atoms with E-state index in [0.29, 0.717) is 25.1 Å². The Hall–Kier alpha value is -3.78. The van der Waals surface area contributed by atoms with Gasteiger partial charge in [0.2, 0.25) is 0 Å². The zero-order valence-corrected chi connectivity index (χ0v) is 20.4. The lowest BCUT2D eigenvalue weighted by molar-refractivity contribution is -0.145. The van der Waals surface area contributed by atoms with Crippen molar-refractivity contribution in [2.75, 3.05) is 13.2 Å². The molecule has 0 spiro atoms. The average Bonchev–Trinajstić information content (AvgIpc) is 3.30. The highest BCUT2D eigenvalue weighted by molar-refractivity contribution is 5.84. The van der Waals surface area contributed by atoms with E-state index < -0.39 is 23.9 Å². The smallest absolute Gasteiger partial charge is 0.416 e. The van der Waals surface area contributed by atoms with Crippen LogP contribution in [0.15, 0.2) is 85.1 Å². The molecule has 2 N–H and O–H groups in total. The molecule has 8 heteroatoms.